The lowest BCUT2D eigenvalue weighted by Gasteiger charge is -2.12. The lowest BCUT2D eigenvalue weighted by atomic mass is 10.0. The van der Waals surface area contributed by atoms with Crippen molar-refractivity contribution in [1.82, 2.24) is 14.9 Å². The van der Waals surface area contributed by atoms with E-state index >= 15 is 0 Å². The molecule has 0 saturated carbocycles. The molecule has 0 aliphatic rings. The third-order valence-corrected chi connectivity index (χ3v) is 6.12. The Kier molecular flexibility index (Phi) is 5.90. The average molecular weight is 434 g/mol. The number of rotatable bonds is 7. The molecule has 164 valence electrons. The van der Waals surface area contributed by atoms with E-state index in [2.05, 4.69) is 70.5 Å². The molecule has 0 radical (unpaired) electrons. The van der Waals surface area contributed by atoms with E-state index in [-0.39, 0.29) is 5.91 Å². The summed E-state index contributed by atoms with van der Waals surface area (Å²) in [6, 6.07) is 30.9. The highest BCUT2D eigenvalue weighted by Gasteiger charge is 2.12. The van der Waals surface area contributed by atoms with Crippen LogP contribution in [-0.2, 0) is 13.0 Å². The maximum absolute atomic E-state index is 12.4. The van der Waals surface area contributed by atoms with Gasteiger partial charge in [0.1, 0.15) is 5.82 Å². The van der Waals surface area contributed by atoms with Crippen LogP contribution in [0.2, 0.25) is 0 Å². The number of nitrogens with one attached hydrogen (secondary N) is 1. The molecule has 0 aliphatic heterocycles. The Morgan fingerprint density at radius 1 is 0.879 bits per heavy atom. The summed E-state index contributed by atoms with van der Waals surface area (Å²) in [5.41, 5.74) is 5.28. The molecule has 0 atom stereocenters. The molecular formula is C29H27N3O. The Bertz CT molecular complexity index is 1410. The number of aryl methyl sites for hydroxylation is 2. The molecule has 1 aromatic heterocycles. The summed E-state index contributed by atoms with van der Waals surface area (Å²) in [6.07, 6.45) is 1.63. The first kappa shape index (κ1) is 21.0. The first-order chi connectivity index (χ1) is 16.2. The van der Waals surface area contributed by atoms with Gasteiger partial charge in [0.25, 0.3) is 5.91 Å². The van der Waals surface area contributed by atoms with Gasteiger partial charge < -0.3 is 9.88 Å². The fourth-order valence-electron chi connectivity index (χ4n) is 4.35. The molecule has 1 heterocycles. The maximum atomic E-state index is 12.4. The molecule has 5 rings (SSSR count). The zero-order valence-corrected chi connectivity index (χ0v) is 18.8. The van der Waals surface area contributed by atoms with Crippen LogP contribution in [0.4, 0.5) is 0 Å². The standard InChI is InChI=1S/C29H27N3O/c1-21-15-17-23(18-16-21)29(33)30-19-7-14-28-31-26-12-4-5-13-27(26)32(28)20-24-10-6-9-22-8-2-3-11-25(22)24/h2-6,8-13,15-18H,7,14,19-20H2,1H3,(H,30,33). The summed E-state index contributed by atoms with van der Waals surface area (Å²) < 4.78 is 2.32. The fourth-order valence-corrected chi connectivity index (χ4v) is 4.35. The van der Waals surface area contributed by atoms with E-state index in [1.54, 1.807) is 0 Å². The second-order valence-corrected chi connectivity index (χ2v) is 8.47. The summed E-state index contributed by atoms with van der Waals surface area (Å²) >= 11 is 0. The molecule has 4 nitrogen and oxygen atoms in total. The minimum absolute atomic E-state index is 0.0285. The second kappa shape index (κ2) is 9.29. The highest BCUT2D eigenvalue weighted by Crippen LogP contribution is 2.23. The van der Waals surface area contributed by atoms with E-state index in [4.69, 9.17) is 4.98 Å². The number of carbonyl (C=O) groups excluding carboxylic acids is 1. The Morgan fingerprint density at radius 2 is 1.64 bits per heavy atom. The monoisotopic (exact) mass is 433 g/mol. The molecule has 4 aromatic carbocycles. The van der Waals surface area contributed by atoms with Crippen molar-refractivity contribution in [2.45, 2.75) is 26.3 Å². The number of fused-ring (bicyclic) bond motifs is 2. The van der Waals surface area contributed by atoms with Crippen molar-refractivity contribution in [3.63, 3.8) is 0 Å². The van der Waals surface area contributed by atoms with Crippen molar-refractivity contribution in [3.8, 4) is 0 Å². The molecule has 1 N–H and O–H groups in total. The van der Waals surface area contributed by atoms with E-state index in [9.17, 15) is 4.79 Å². The first-order valence-corrected chi connectivity index (χ1v) is 11.4. The average Bonchev–Trinajstić information content (AvgIpc) is 3.19. The van der Waals surface area contributed by atoms with Gasteiger partial charge in [0, 0.05) is 25.1 Å². The number of imidazole rings is 1. The minimum Gasteiger partial charge on any atom is -0.352 e. The van der Waals surface area contributed by atoms with Gasteiger partial charge in [-0.05, 0) is 53.9 Å². The van der Waals surface area contributed by atoms with Crippen LogP contribution in [0.25, 0.3) is 21.8 Å². The predicted molar refractivity (Wildman–Crippen MR) is 135 cm³/mol. The molecule has 5 aromatic rings. The van der Waals surface area contributed by atoms with E-state index in [1.165, 1.54) is 16.3 Å². The highest BCUT2D eigenvalue weighted by molar-refractivity contribution is 5.94. The van der Waals surface area contributed by atoms with Gasteiger partial charge in [-0.2, -0.15) is 0 Å². The molecule has 4 heteroatoms. The second-order valence-electron chi connectivity index (χ2n) is 8.47. The molecule has 0 spiro atoms. The number of amides is 1. The molecule has 0 saturated heterocycles. The number of aromatic nitrogens is 2. The van der Waals surface area contributed by atoms with Crippen LogP contribution in [0.3, 0.4) is 0 Å². The van der Waals surface area contributed by atoms with Gasteiger partial charge in [0.15, 0.2) is 0 Å². The number of hydrogen-bond acceptors (Lipinski definition) is 2. The van der Waals surface area contributed by atoms with Crippen molar-refractivity contribution >= 4 is 27.7 Å². The van der Waals surface area contributed by atoms with Gasteiger partial charge in [0.2, 0.25) is 0 Å². The summed E-state index contributed by atoms with van der Waals surface area (Å²) in [5.74, 6) is 1.02. The summed E-state index contributed by atoms with van der Waals surface area (Å²) in [4.78, 5) is 17.3. The number of hydrogen-bond donors (Lipinski definition) is 1. The molecule has 0 unspecified atom stereocenters. The quantitative estimate of drug-likeness (QED) is 0.324. The number of carbonyl (C=O) groups is 1. The third-order valence-electron chi connectivity index (χ3n) is 6.12. The summed E-state index contributed by atoms with van der Waals surface area (Å²) in [5, 5.41) is 5.56. The largest absolute Gasteiger partial charge is 0.352 e. The van der Waals surface area contributed by atoms with Crippen LogP contribution in [0.5, 0.6) is 0 Å². The van der Waals surface area contributed by atoms with E-state index < -0.39 is 0 Å². The SMILES string of the molecule is Cc1ccc(C(=O)NCCCc2nc3ccccc3n2Cc2cccc3ccccc23)cc1. The van der Waals surface area contributed by atoms with Crippen LogP contribution >= 0.6 is 0 Å². The number of benzene rings is 4. The smallest absolute Gasteiger partial charge is 0.251 e. The number of para-hydroxylation sites is 2. The fraction of sp³-hybridized carbons (Fsp3) is 0.172. The molecular weight excluding hydrogens is 406 g/mol. The highest BCUT2D eigenvalue weighted by atomic mass is 16.1. The van der Waals surface area contributed by atoms with Crippen molar-refractivity contribution < 1.29 is 4.79 Å². The summed E-state index contributed by atoms with van der Waals surface area (Å²) in [7, 11) is 0. The van der Waals surface area contributed by atoms with Gasteiger partial charge in [-0.25, -0.2) is 4.98 Å². The predicted octanol–water partition coefficient (Wildman–Crippen LogP) is 5.91. The van der Waals surface area contributed by atoms with E-state index in [1.807, 2.05) is 37.3 Å². The Labute approximate surface area is 193 Å². The Balaban J connectivity index is 1.34. The molecule has 0 aliphatic carbocycles. The van der Waals surface area contributed by atoms with Crippen LogP contribution in [0, 0.1) is 6.92 Å². The van der Waals surface area contributed by atoms with E-state index in [0.717, 1.165) is 41.8 Å². The maximum Gasteiger partial charge on any atom is 0.251 e. The minimum atomic E-state index is -0.0285. The van der Waals surface area contributed by atoms with Crippen molar-refractivity contribution in [1.29, 1.82) is 0 Å². The van der Waals surface area contributed by atoms with E-state index in [0.29, 0.717) is 12.1 Å². The molecule has 33 heavy (non-hydrogen) atoms. The molecule has 0 fully saturated rings. The van der Waals surface area contributed by atoms with Crippen LogP contribution in [0.1, 0.15) is 33.7 Å². The zero-order valence-electron chi connectivity index (χ0n) is 18.8. The normalized spacial score (nSPS) is 11.2. The van der Waals surface area contributed by atoms with Gasteiger partial charge in [-0.15, -0.1) is 0 Å². The lowest BCUT2D eigenvalue weighted by Crippen LogP contribution is -2.25. The van der Waals surface area contributed by atoms with Gasteiger partial charge in [0.05, 0.1) is 11.0 Å². The lowest BCUT2D eigenvalue weighted by molar-refractivity contribution is 0.0953. The topological polar surface area (TPSA) is 46.9 Å². The Morgan fingerprint density at radius 3 is 2.52 bits per heavy atom. The first-order valence-electron chi connectivity index (χ1n) is 11.4. The van der Waals surface area contributed by atoms with Gasteiger partial charge >= 0.3 is 0 Å². The zero-order chi connectivity index (χ0) is 22.6. The van der Waals surface area contributed by atoms with Crippen molar-refractivity contribution in [2.75, 3.05) is 6.54 Å². The summed E-state index contributed by atoms with van der Waals surface area (Å²) in [6.45, 7) is 3.41. The van der Waals surface area contributed by atoms with Crippen LogP contribution < -0.4 is 5.32 Å². The van der Waals surface area contributed by atoms with Gasteiger partial charge in [-0.3, -0.25) is 4.79 Å². The molecule has 0 bridgehead atoms. The molecule has 1 amide bonds. The number of nitrogens with zero attached hydrogens (tertiary/aromatic N) is 2. The van der Waals surface area contributed by atoms with Crippen molar-refractivity contribution in [2.24, 2.45) is 0 Å². The van der Waals surface area contributed by atoms with Crippen LogP contribution in [0.15, 0.2) is 91.0 Å². The van der Waals surface area contributed by atoms with Gasteiger partial charge in [-0.1, -0.05) is 72.3 Å². The van der Waals surface area contributed by atoms with Crippen molar-refractivity contribution in [3.05, 3.63) is 114 Å². The van der Waals surface area contributed by atoms with Crippen LogP contribution in [-0.4, -0.2) is 22.0 Å². The third kappa shape index (κ3) is 4.51. The Hall–Kier alpha value is -3.92.